The van der Waals surface area contributed by atoms with Gasteiger partial charge in [-0.15, -0.1) is 0 Å². The van der Waals surface area contributed by atoms with E-state index in [0.29, 0.717) is 17.4 Å². The van der Waals surface area contributed by atoms with E-state index < -0.39 is 11.8 Å². The summed E-state index contributed by atoms with van der Waals surface area (Å²) in [5.74, 6) is -1.17. The lowest BCUT2D eigenvalue weighted by Crippen LogP contribution is -2.49. The molecule has 3 aliphatic rings. The van der Waals surface area contributed by atoms with Crippen LogP contribution in [0.4, 0.5) is 10.1 Å². The van der Waals surface area contributed by atoms with Crippen molar-refractivity contribution >= 4 is 22.7 Å². The molecule has 9 nitrogen and oxygen atoms in total. The van der Waals surface area contributed by atoms with Crippen molar-refractivity contribution in [2.75, 3.05) is 51.4 Å². The lowest BCUT2D eigenvalue weighted by molar-refractivity contribution is 0.0115. The van der Waals surface area contributed by atoms with Crippen molar-refractivity contribution in [2.45, 2.75) is 44.1 Å². The summed E-state index contributed by atoms with van der Waals surface area (Å²) in [5, 5.41) is 15.7. The van der Waals surface area contributed by atoms with Crippen molar-refractivity contribution < 1.29 is 23.8 Å². The highest BCUT2D eigenvalue weighted by Crippen LogP contribution is 2.43. The number of benzene rings is 1. The van der Waals surface area contributed by atoms with E-state index in [2.05, 4.69) is 14.8 Å². The summed E-state index contributed by atoms with van der Waals surface area (Å²) in [6.07, 6.45) is 5.20. The van der Waals surface area contributed by atoms with Crippen LogP contribution in [0.15, 0.2) is 24.3 Å². The average Bonchev–Trinajstić information content (AvgIpc) is 3.26. The Balaban J connectivity index is 1.43. The van der Waals surface area contributed by atoms with Crippen LogP contribution >= 0.6 is 0 Å². The fraction of sp³-hybridized carbons (Fsp3) is 0.519. The number of methoxy groups -OCH3 is 1. The van der Waals surface area contributed by atoms with Gasteiger partial charge in [-0.2, -0.15) is 5.10 Å². The molecule has 0 radical (unpaired) electrons. The van der Waals surface area contributed by atoms with Gasteiger partial charge in [0.1, 0.15) is 0 Å². The summed E-state index contributed by atoms with van der Waals surface area (Å²) in [6, 6.07) is 6.84. The van der Waals surface area contributed by atoms with Gasteiger partial charge in [-0.25, -0.2) is 18.9 Å². The molecule has 2 aliphatic heterocycles. The summed E-state index contributed by atoms with van der Waals surface area (Å²) in [7, 11) is 1.42. The zero-order valence-corrected chi connectivity index (χ0v) is 21.0. The lowest BCUT2D eigenvalue weighted by Gasteiger charge is -2.41. The van der Waals surface area contributed by atoms with Crippen LogP contribution in [0, 0.1) is 5.82 Å². The molecule has 2 saturated heterocycles. The molecule has 0 atom stereocenters. The molecule has 196 valence electrons. The Bertz CT molecular complexity index is 1310. The van der Waals surface area contributed by atoms with E-state index in [0.717, 1.165) is 88.3 Å². The normalized spacial score (nSPS) is 19.8. The molecule has 1 N–H and O–H groups in total. The minimum Gasteiger partial charge on any atom is -0.494 e. The van der Waals surface area contributed by atoms with Gasteiger partial charge in [-0.05, 0) is 43.9 Å². The predicted octanol–water partition coefficient (Wildman–Crippen LogP) is 3.83. The molecule has 0 spiro atoms. The minimum atomic E-state index is -1.09. The van der Waals surface area contributed by atoms with Crippen LogP contribution in [0.1, 0.15) is 54.2 Å². The molecule has 10 heteroatoms. The third kappa shape index (κ3) is 4.42. The van der Waals surface area contributed by atoms with Gasteiger partial charge in [-0.1, -0.05) is 6.42 Å². The number of ether oxygens (including phenoxy) is 2. The first-order chi connectivity index (χ1) is 18.0. The van der Waals surface area contributed by atoms with Crippen LogP contribution in [0.25, 0.3) is 16.7 Å². The van der Waals surface area contributed by atoms with E-state index in [-0.39, 0.29) is 17.4 Å². The Morgan fingerprint density at radius 3 is 2.49 bits per heavy atom. The van der Waals surface area contributed by atoms with Crippen LogP contribution in [-0.2, 0) is 4.74 Å². The van der Waals surface area contributed by atoms with Crippen molar-refractivity contribution in [3.8, 4) is 11.4 Å². The highest BCUT2D eigenvalue weighted by atomic mass is 19.1. The van der Waals surface area contributed by atoms with E-state index in [1.165, 1.54) is 13.2 Å². The number of anilines is 1. The van der Waals surface area contributed by atoms with Crippen LogP contribution in [0.5, 0.6) is 5.75 Å². The number of nitrogens with zero attached hydrogens (tertiary/aromatic N) is 5. The first kappa shape index (κ1) is 24.1. The third-order valence-electron chi connectivity index (χ3n) is 8.10. The first-order valence-electron chi connectivity index (χ1n) is 13.1. The maximum absolute atomic E-state index is 14.6. The van der Waals surface area contributed by atoms with E-state index in [1.54, 1.807) is 22.9 Å². The molecule has 37 heavy (non-hydrogen) atoms. The lowest BCUT2D eigenvalue weighted by atomic mass is 9.82. The average molecular weight is 510 g/mol. The van der Waals surface area contributed by atoms with Gasteiger partial charge in [0.05, 0.1) is 42.8 Å². The van der Waals surface area contributed by atoms with Gasteiger partial charge in [-0.3, -0.25) is 4.90 Å². The summed E-state index contributed by atoms with van der Waals surface area (Å²) >= 11 is 0. The Labute approximate surface area is 214 Å². The summed E-state index contributed by atoms with van der Waals surface area (Å²) in [4.78, 5) is 21.5. The highest BCUT2D eigenvalue weighted by molar-refractivity contribution is 5.98. The second-order valence-corrected chi connectivity index (χ2v) is 10.1. The first-order valence-corrected chi connectivity index (χ1v) is 13.1. The number of carbonyl (C=O) groups is 1. The summed E-state index contributed by atoms with van der Waals surface area (Å²) in [5.41, 5.74) is 2.70. The smallest absolute Gasteiger partial charge is 0.354 e. The number of fused-ring (bicyclic) bond motifs is 1. The van der Waals surface area contributed by atoms with Gasteiger partial charge < -0.3 is 19.5 Å². The Kier molecular flexibility index (Phi) is 6.46. The number of rotatable bonds is 6. The number of halogens is 1. The molecule has 0 amide bonds. The maximum atomic E-state index is 14.6. The molecular weight excluding hydrogens is 477 g/mol. The van der Waals surface area contributed by atoms with Crippen molar-refractivity contribution in [1.29, 1.82) is 0 Å². The van der Waals surface area contributed by atoms with E-state index in [1.807, 2.05) is 0 Å². The zero-order valence-electron chi connectivity index (χ0n) is 21.0. The standard InChI is InChI=1S/C27H32FN5O4/c1-36-23-6-5-19(15-20(23)28)33-26-24(25(30-33)17-3-2-4-17)22(16-21(29-26)27(34)35)32-9-7-18(8-10-32)31-11-13-37-14-12-31/h5-6,15-18H,2-4,7-14H2,1H3,(H,34,35). The van der Waals surface area contributed by atoms with Gasteiger partial charge in [0.15, 0.2) is 22.9 Å². The Morgan fingerprint density at radius 1 is 1.11 bits per heavy atom. The summed E-state index contributed by atoms with van der Waals surface area (Å²) in [6.45, 7) is 5.14. The van der Waals surface area contributed by atoms with Crippen molar-refractivity contribution in [2.24, 2.45) is 0 Å². The van der Waals surface area contributed by atoms with Crippen molar-refractivity contribution in [3.63, 3.8) is 0 Å². The van der Waals surface area contributed by atoms with Gasteiger partial charge in [0, 0.05) is 44.2 Å². The number of morpholine rings is 1. The molecule has 2 aromatic heterocycles. The van der Waals surface area contributed by atoms with E-state index >= 15 is 0 Å². The number of pyridine rings is 1. The second-order valence-electron chi connectivity index (χ2n) is 10.1. The van der Waals surface area contributed by atoms with Crippen LogP contribution < -0.4 is 9.64 Å². The number of carboxylic acids is 1. The molecule has 6 rings (SSSR count). The minimum absolute atomic E-state index is 0.0342. The molecular formula is C27H32FN5O4. The SMILES string of the molecule is COc1ccc(-n2nc(C3CCC3)c3c(N4CCC(N5CCOCC5)CC4)cc(C(=O)O)nc32)cc1F. The molecule has 0 unspecified atom stereocenters. The van der Waals surface area contributed by atoms with Gasteiger partial charge in [0.25, 0.3) is 0 Å². The number of hydrogen-bond acceptors (Lipinski definition) is 7. The third-order valence-corrected chi connectivity index (χ3v) is 8.10. The van der Waals surface area contributed by atoms with Gasteiger partial charge in [0.2, 0.25) is 0 Å². The zero-order chi connectivity index (χ0) is 25.5. The molecule has 1 aliphatic carbocycles. The molecule has 4 heterocycles. The quantitative estimate of drug-likeness (QED) is 0.536. The maximum Gasteiger partial charge on any atom is 0.354 e. The fourth-order valence-corrected chi connectivity index (χ4v) is 5.83. The fourth-order valence-electron chi connectivity index (χ4n) is 5.83. The van der Waals surface area contributed by atoms with Crippen LogP contribution in [0.3, 0.4) is 0 Å². The number of aromatic nitrogens is 3. The van der Waals surface area contributed by atoms with E-state index in [4.69, 9.17) is 14.6 Å². The van der Waals surface area contributed by atoms with Crippen molar-refractivity contribution in [1.82, 2.24) is 19.7 Å². The second kappa shape index (κ2) is 9.90. The topological polar surface area (TPSA) is 93.0 Å². The number of hydrogen-bond donors (Lipinski definition) is 1. The van der Waals surface area contributed by atoms with Gasteiger partial charge >= 0.3 is 5.97 Å². The predicted molar refractivity (Wildman–Crippen MR) is 137 cm³/mol. The molecule has 3 fully saturated rings. The van der Waals surface area contributed by atoms with Crippen LogP contribution in [0.2, 0.25) is 0 Å². The number of aromatic carboxylic acids is 1. The number of piperidine rings is 1. The molecule has 1 aromatic carbocycles. The van der Waals surface area contributed by atoms with Crippen molar-refractivity contribution in [3.05, 3.63) is 41.5 Å². The van der Waals surface area contributed by atoms with E-state index in [9.17, 15) is 14.3 Å². The molecule has 3 aromatic rings. The Hall–Kier alpha value is -3.24. The Morgan fingerprint density at radius 2 is 1.86 bits per heavy atom. The number of carboxylic acid groups (broad SMARTS) is 1. The van der Waals surface area contributed by atoms with Crippen LogP contribution in [-0.4, -0.2) is 83.3 Å². The largest absolute Gasteiger partial charge is 0.494 e. The molecule has 1 saturated carbocycles. The monoisotopic (exact) mass is 509 g/mol. The summed E-state index contributed by atoms with van der Waals surface area (Å²) < 4.78 is 26.8. The molecule has 0 bridgehead atoms. The highest BCUT2D eigenvalue weighted by Gasteiger charge is 2.32.